The van der Waals surface area contributed by atoms with Gasteiger partial charge < -0.3 is 24.3 Å². The molecule has 1 aromatic rings. The van der Waals surface area contributed by atoms with E-state index < -0.39 is 18.4 Å². The Bertz CT molecular complexity index is 477. The van der Waals surface area contributed by atoms with Gasteiger partial charge in [0.15, 0.2) is 6.61 Å². The third kappa shape index (κ3) is 2.78. The summed E-state index contributed by atoms with van der Waals surface area (Å²) < 4.78 is 10.2. The van der Waals surface area contributed by atoms with Crippen molar-refractivity contribution in [3.8, 4) is 11.5 Å². The van der Waals surface area contributed by atoms with Gasteiger partial charge in [-0.3, -0.25) is 4.79 Å². The molecule has 7 heteroatoms. The van der Waals surface area contributed by atoms with Crippen LogP contribution in [-0.4, -0.2) is 32.1 Å². The summed E-state index contributed by atoms with van der Waals surface area (Å²) in [4.78, 5) is 23.3. The average Bonchev–Trinajstić information content (AvgIpc) is 2.32. The van der Waals surface area contributed by atoms with E-state index in [0.29, 0.717) is 17.2 Å². The molecule has 1 amide bonds. The zero-order valence-electron chi connectivity index (χ0n) is 10.1. The van der Waals surface area contributed by atoms with Gasteiger partial charge in [-0.25, -0.2) is 0 Å². The van der Waals surface area contributed by atoms with Gasteiger partial charge in [0.05, 0.1) is 25.3 Å². The quantitative estimate of drug-likeness (QED) is 0.508. The first-order valence-corrected chi connectivity index (χ1v) is 4.93. The van der Waals surface area contributed by atoms with E-state index in [4.69, 9.17) is 9.47 Å². The van der Waals surface area contributed by atoms with Gasteiger partial charge in [0.25, 0.3) is 5.91 Å². The third-order valence-corrected chi connectivity index (χ3v) is 2.40. The Morgan fingerprint density at radius 2 is 2.28 bits per heavy atom. The van der Waals surface area contributed by atoms with Crippen molar-refractivity contribution in [1.29, 1.82) is 0 Å². The Morgan fingerprint density at radius 1 is 1.56 bits per heavy atom. The molecule has 90 valence electrons. The number of hydrogen-bond acceptors (Lipinski definition) is 5. The van der Waals surface area contributed by atoms with E-state index in [9.17, 15) is 14.7 Å². The summed E-state index contributed by atoms with van der Waals surface area (Å²) in [5.74, 6) is -0.777. The molecule has 1 aliphatic rings. The molecule has 1 aliphatic heterocycles. The normalized spacial score (nSPS) is 13.2. The Morgan fingerprint density at radius 3 is 2.89 bits per heavy atom. The minimum atomic E-state index is -1.32. The second-order valence-corrected chi connectivity index (χ2v) is 3.47. The fourth-order valence-electron chi connectivity index (χ4n) is 1.61. The van der Waals surface area contributed by atoms with Gasteiger partial charge in [0.2, 0.25) is 0 Å². The van der Waals surface area contributed by atoms with Crippen molar-refractivity contribution in [2.45, 2.75) is 0 Å². The number of carbonyl (C=O) groups excluding carboxylic acids is 2. The van der Waals surface area contributed by atoms with Gasteiger partial charge >= 0.3 is 18.9 Å². The number of benzene rings is 1. The van der Waals surface area contributed by atoms with Gasteiger partial charge in [-0.1, -0.05) is 0 Å². The molecule has 0 atom stereocenters. The number of hydrogen-bond donors (Lipinski definition) is 0. The molecule has 0 fully saturated rings. The monoisotopic (exact) mass is 243 g/mol. The van der Waals surface area contributed by atoms with Crippen LogP contribution in [0.3, 0.4) is 0 Å². The predicted molar refractivity (Wildman–Crippen MR) is 55.8 cm³/mol. The third-order valence-electron chi connectivity index (χ3n) is 2.40. The molecule has 18 heavy (non-hydrogen) atoms. The SMILES string of the molecule is COc1ccc2c(c1)N(CC(=O)[O-])C(=O)CO2.[Li+]. The number of rotatable bonds is 3. The van der Waals surface area contributed by atoms with Crippen molar-refractivity contribution in [2.24, 2.45) is 0 Å². The summed E-state index contributed by atoms with van der Waals surface area (Å²) in [7, 11) is 1.48. The molecular weight excluding hydrogens is 233 g/mol. The number of aliphatic carboxylic acids is 1. The van der Waals surface area contributed by atoms with E-state index in [1.165, 1.54) is 7.11 Å². The van der Waals surface area contributed by atoms with Crippen LogP contribution in [0.1, 0.15) is 0 Å². The number of carbonyl (C=O) groups is 2. The number of ether oxygens (including phenoxy) is 2. The molecule has 0 saturated heterocycles. The Hall–Kier alpha value is -1.64. The number of carboxylic acid groups (broad SMARTS) is 1. The Balaban J connectivity index is 0.00000162. The molecule has 0 radical (unpaired) electrons. The maximum absolute atomic E-state index is 11.6. The zero-order valence-corrected chi connectivity index (χ0v) is 10.1. The molecule has 0 aromatic heterocycles. The van der Waals surface area contributed by atoms with Crippen LogP contribution >= 0.6 is 0 Å². The van der Waals surface area contributed by atoms with E-state index in [2.05, 4.69) is 0 Å². The fraction of sp³-hybridized carbons (Fsp3) is 0.273. The van der Waals surface area contributed by atoms with E-state index in [-0.39, 0.29) is 25.5 Å². The molecule has 2 rings (SSSR count). The summed E-state index contributed by atoms with van der Waals surface area (Å²) in [6, 6.07) is 4.85. The number of carboxylic acids is 1. The number of anilines is 1. The summed E-state index contributed by atoms with van der Waals surface area (Å²) >= 11 is 0. The Kier molecular flexibility index (Phi) is 4.65. The van der Waals surface area contributed by atoms with Crippen LogP contribution < -0.4 is 38.3 Å². The number of methoxy groups -OCH3 is 1. The minimum absolute atomic E-state index is 0. The van der Waals surface area contributed by atoms with E-state index in [1.807, 2.05) is 0 Å². The van der Waals surface area contributed by atoms with Gasteiger partial charge in [0.1, 0.15) is 11.5 Å². The van der Waals surface area contributed by atoms with Crippen LogP contribution in [0.2, 0.25) is 0 Å². The van der Waals surface area contributed by atoms with Crippen LogP contribution in [-0.2, 0) is 9.59 Å². The van der Waals surface area contributed by atoms with Crippen molar-refractivity contribution in [3.63, 3.8) is 0 Å². The van der Waals surface area contributed by atoms with Crippen LogP contribution in [0.15, 0.2) is 18.2 Å². The second kappa shape index (κ2) is 5.80. The largest absolute Gasteiger partial charge is 1.00 e. The van der Waals surface area contributed by atoms with Crippen molar-refractivity contribution in [3.05, 3.63) is 18.2 Å². The second-order valence-electron chi connectivity index (χ2n) is 3.47. The first kappa shape index (κ1) is 14.4. The van der Waals surface area contributed by atoms with E-state index in [0.717, 1.165) is 4.90 Å². The fourth-order valence-corrected chi connectivity index (χ4v) is 1.61. The summed E-state index contributed by atoms with van der Waals surface area (Å²) in [6.45, 7) is -0.672. The number of fused-ring (bicyclic) bond motifs is 1. The molecule has 0 aliphatic carbocycles. The molecule has 1 aromatic carbocycles. The first-order valence-electron chi connectivity index (χ1n) is 4.93. The first-order chi connectivity index (χ1) is 8.11. The topological polar surface area (TPSA) is 78.9 Å². The molecule has 0 spiro atoms. The van der Waals surface area contributed by atoms with Gasteiger partial charge in [0, 0.05) is 6.07 Å². The summed E-state index contributed by atoms with van der Waals surface area (Å²) in [5, 5.41) is 10.6. The van der Waals surface area contributed by atoms with E-state index in [1.54, 1.807) is 18.2 Å². The van der Waals surface area contributed by atoms with Crippen molar-refractivity contribution in [2.75, 3.05) is 25.2 Å². The molecule has 0 saturated carbocycles. The zero-order chi connectivity index (χ0) is 12.4. The number of nitrogens with zero attached hydrogens (tertiary/aromatic N) is 1. The molecule has 0 N–H and O–H groups in total. The van der Waals surface area contributed by atoms with Crippen LogP contribution in [0, 0.1) is 0 Å². The number of amides is 1. The van der Waals surface area contributed by atoms with Gasteiger partial charge in [-0.15, -0.1) is 0 Å². The van der Waals surface area contributed by atoms with Crippen molar-refractivity contribution < 1.29 is 43.0 Å². The van der Waals surface area contributed by atoms with Crippen LogP contribution in [0.4, 0.5) is 5.69 Å². The van der Waals surface area contributed by atoms with Gasteiger partial charge in [-0.05, 0) is 12.1 Å². The van der Waals surface area contributed by atoms with Gasteiger partial charge in [-0.2, -0.15) is 0 Å². The maximum atomic E-state index is 11.6. The van der Waals surface area contributed by atoms with E-state index >= 15 is 0 Å². The molecule has 0 bridgehead atoms. The van der Waals surface area contributed by atoms with Crippen molar-refractivity contribution in [1.82, 2.24) is 0 Å². The molecular formula is C11H10LiNO5. The molecule has 0 unspecified atom stereocenters. The predicted octanol–water partition coefficient (Wildman–Crippen LogP) is -3.83. The summed E-state index contributed by atoms with van der Waals surface area (Å²) in [6.07, 6.45) is 0. The van der Waals surface area contributed by atoms with Crippen LogP contribution in [0.5, 0.6) is 11.5 Å². The summed E-state index contributed by atoms with van der Waals surface area (Å²) in [5.41, 5.74) is 0.379. The standard InChI is InChI=1S/C11H11NO5.Li/c1-16-7-2-3-9-8(4-7)12(5-11(14)15)10(13)6-17-9;/h2-4H,5-6H2,1H3,(H,14,15);/q;+1/p-1. The Labute approximate surface area is 116 Å². The molecule has 6 nitrogen and oxygen atoms in total. The smallest absolute Gasteiger partial charge is 0.548 e. The van der Waals surface area contributed by atoms with Crippen LogP contribution in [0.25, 0.3) is 0 Å². The molecule has 1 heterocycles. The maximum Gasteiger partial charge on any atom is 1.00 e. The van der Waals surface area contributed by atoms with Crippen molar-refractivity contribution >= 4 is 17.6 Å². The average molecular weight is 243 g/mol. The minimum Gasteiger partial charge on any atom is -0.548 e.